The summed E-state index contributed by atoms with van der Waals surface area (Å²) in [7, 11) is 2.05. The van der Waals surface area contributed by atoms with Crippen molar-refractivity contribution in [2.24, 2.45) is 5.73 Å². The van der Waals surface area contributed by atoms with Crippen LogP contribution >= 0.6 is 27.3 Å². The minimum atomic E-state index is 0.471. The van der Waals surface area contributed by atoms with Gasteiger partial charge in [-0.1, -0.05) is 6.07 Å². The van der Waals surface area contributed by atoms with Crippen molar-refractivity contribution in [1.82, 2.24) is 9.38 Å². The first-order valence-corrected chi connectivity index (χ1v) is 7.96. The van der Waals surface area contributed by atoms with E-state index in [1.807, 2.05) is 24.4 Å². The van der Waals surface area contributed by atoms with Crippen LogP contribution in [0, 0.1) is 0 Å². The van der Waals surface area contributed by atoms with E-state index in [-0.39, 0.29) is 0 Å². The highest BCUT2D eigenvalue weighted by Gasteiger charge is 2.15. The van der Waals surface area contributed by atoms with Crippen LogP contribution in [0.1, 0.15) is 10.6 Å². The standard InChI is InChI=1S/C14H15BrN4S/c1-18(8-11-6-10(15)9-20-11)14-12(7-16)19-5-3-2-4-13(19)17-14/h2-6,9H,7-8,16H2,1H3. The van der Waals surface area contributed by atoms with Crippen molar-refractivity contribution >= 4 is 38.7 Å². The van der Waals surface area contributed by atoms with E-state index in [0.717, 1.165) is 28.2 Å². The van der Waals surface area contributed by atoms with E-state index in [1.165, 1.54) is 4.88 Å². The smallest absolute Gasteiger partial charge is 0.152 e. The molecule has 3 aromatic rings. The number of thiophene rings is 1. The van der Waals surface area contributed by atoms with Gasteiger partial charge >= 0.3 is 0 Å². The minimum absolute atomic E-state index is 0.471. The lowest BCUT2D eigenvalue weighted by Crippen LogP contribution is -2.18. The van der Waals surface area contributed by atoms with Crippen LogP contribution in [0.25, 0.3) is 5.65 Å². The molecule has 0 fully saturated rings. The number of hydrogen-bond donors (Lipinski definition) is 1. The molecule has 0 bridgehead atoms. The Morgan fingerprint density at radius 1 is 1.45 bits per heavy atom. The Kier molecular flexibility index (Phi) is 3.78. The van der Waals surface area contributed by atoms with Crippen molar-refractivity contribution in [3.05, 3.63) is 50.9 Å². The second-order valence-electron chi connectivity index (χ2n) is 4.60. The molecule has 104 valence electrons. The molecule has 3 heterocycles. The Labute approximate surface area is 130 Å². The van der Waals surface area contributed by atoms with Gasteiger partial charge in [0.1, 0.15) is 5.65 Å². The lowest BCUT2D eigenvalue weighted by atomic mass is 10.3. The zero-order chi connectivity index (χ0) is 14.1. The lowest BCUT2D eigenvalue weighted by molar-refractivity contribution is 0.883. The summed E-state index contributed by atoms with van der Waals surface area (Å²) in [5.74, 6) is 0.947. The highest BCUT2D eigenvalue weighted by Crippen LogP contribution is 2.25. The van der Waals surface area contributed by atoms with Gasteiger partial charge in [0.25, 0.3) is 0 Å². The Bertz CT molecular complexity index is 734. The largest absolute Gasteiger partial charge is 0.353 e. The molecule has 2 N–H and O–H groups in total. The molecule has 3 rings (SSSR count). The second kappa shape index (κ2) is 5.55. The van der Waals surface area contributed by atoms with Gasteiger partial charge in [-0.05, 0) is 34.1 Å². The van der Waals surface area contributed by atoms with Crippen molar-refractivity contribution in [3.63, 3.8) is 0 Å². The van der Waals surface area contributed by atoms with E-state index in [4.69, 9.17) is 5.73 Å². The summed E-state index contributed by atoms with van der Waals surface area (Å²) in [5.41, 5.74) is 7.88. The molecule has 0 aromatic carbocycles. The van der Waals surface area contributed by atoms with Gasteiger partial charge in [-0.25, -0.2) is 4.98 Å². The molecule has 0 aliphatic rings. The highest BCUT2D eigenvalue weighted by molar-refractivity contribution is 9.10. The Balaban J connectivity index is 1.96. The monoisotopic (exact) mass is 350 g/mol. The average Bonchev–Trinajstić information content (AvgIpc) is 3.01. The predicted molar refractivity (Wildman–Crippen MR) is 87.2 cm³/mol. The van der Waals surface area contributed by atoms with Crippen LogP contribution in [0.15, 0.2) is 40.3 Å². The van der Waals surface area contributed by atoms with Gasteiger partial charge in [0.05, 0.1) is 12.2 Å². The molecule has 0 saturated carbocycles. The van der Waals surface area contributed by atoms with Crippen LogP contribution in [-0.2, 0) is 13.1 Å². The van der Waals surface area contributed by atoms with Crippen molar-refractivity contribution in [2.45, 2.75) is 13.1 Å². The van der Waals surface area contributed by atoms with Crippen LogP contribution in [0.2, 0.25) is 0 Å². The number of imidazole rings is 1. The average molecular weight is 351 g/mol. The second-order valence-corrected chi connectivity index (χ2v) is 6.51. The zero-order valence-corrected chi connectivity index (χ0v) is 13.5. The molecule has 0 radical (unpaired) electrons. The topological polar surface area (TPSA) is 46.6 Å². The number of nitrogens with two attached hydrogens (primary N) is 1. The van der Waals surface area contributed by atoms with Crippen LogP contribution in [0.3, 0.4) is 0 Å². The first-order chi connectivity index (χ1) is 9.69. The van der Waals surface area contributed by atoms with Gasteiger partial charge in [-0.15, -0.1) is 11.3 Å². The number of pyridine rings is 1. The summed E-state index contributed by atoms with van der Waals surface area (Å²) < 4.78 is 3.18. The summed E-state index contributed by atoms with van der Waals surface area (Å²) in [6.07, 6.45) is 2.00. The Morgan fingerprint density at radius 3 is 3.00 bits per heavy atom. The molecule has 4 nitrogen and oxygen atoms in total. The number of halogens is 1. The summed E-state index contributed by atoms with van der Waals surface area (Å²) in [5, 5.41) is 2.09. The maximum atomic E-state index is 5.90. The Morgan fingerprint density at radius 2 is 2.30 bits per heavy atom. The van der Waals surface area contributed by atoms with Crippen molar-refractivity contribution in [1.29, 1.82) is 0 Å². The first kappa shape index (κ1) is 13.6. The lowest BCUT2D eigenvalue weighted by Gasteiger charge is -2.17. The molecule has 0 aliphatic carbocycles. The first-order valence-electron chi connectivity index (χ1n) is 6.29. The maximum absolute atomic E-state index is 5.90. The van der Waals surface area contributed by atoms with Crippen molar-refractivity contribution in [3.8, 4) is 0 Å². The van der Waals surface area contributed by atoms with Gasteiger partial charge in [0.2, 0.25) is 0 Å². The van der Waals surface area contributed by atoms with E-state index in [0.29, 0.717) is 6.54 Å². The van der Waals surface area contributed by atoms with Crippen LogP contribution in [-0.4, -0.2) is 16.4 Å². The number of nitrogens with zero attached hydrogens (tertiary/aromatic N) is 3. The summed E-state index contributed by atoms with van der Waals surface area (Å²) in [6.45, 7) is 1.30. The summed E-state index contributed by atoms with van der Waals surface area (Å²) >= 11 is 5.23. The fourth-order valence-electron chi connectivity index (χ4n) is 2.27. The van der Waals surface area contributed by atoms with Gasteiger partial charge < -0.3 is 15.0 Å². The number of anilines is 1. The minimum Gasteiger partial charge on any atom is -0.353 e. The predicted octanol–water partition coefficient (Wildman–Crippen LogP) is 3.25. The van der Waals surface area contributed by atoms with Crippen molar-refractivity contribution < 1.29 is 0 Å². The van der Waals surface area contributed by atoms with Crippen molar-refractivity contribution in [2.75, 3.05) is 11.9 Å². The third-order valence-corrected chi connectivity index (χ3v) is 4.86. The van der Waals surface area contributed by atoms with Gasteiger partial charge in [-0.3, -0.25) is 0 Å². The van der Waals surface area contributed by atoms with Gasteiger partial charge in [-0.2, -0.15) is 0 Å². The quantitative estimate of drug-likeness (QED) is 0.785. The van der Waals surface area contributed by atoms with Crippen LogP contribution in [0.4, 0.5) is 5.82 Å². The van der Waals surface area contributed by atoms with Crippen LogP contribution in [0.5, 0.6) is 0 Å². The molecule has 6 heteroatoms. The fraction of sp³-hybridized carbons (Fsp3) is 0.214. The Hall–Kier alpha value is -1.37. The number of fused-ring (bicyclic) bond motifs is 1. The molecule has 0 aliphatic heterocycles. The number of aromatic nitrogens is 2. The zero-order valence-electron chi connectivity index (χ0n) is 11.1. The van der Waals surface area contributed by atoms with E-state index >= 15 is 0 Å². The highest BCUT2D eigenvalue weighted by atomic mass is 79.9. The fourth-order valence-corrected chi connectivity index (χ4v) is 3.78. The summed E-state index contributed by atoms with van der Waals surface area (Å²) in [4.78, 5) is 8.13. The molecule has 0 atom stereocenters. The summed E-state index contributed by atoms with van der Waals surface area (Å²) in [6, 6.07) is 8.12. The molecule has 20 heavy (non-hydrogen) atoms. The van der Waals surface area contributed by atoms with E-state index in [2.05, 4.69) is 48.7 Å². The molecular formula is C14H15BrN4S. The number of rotatable bonds is 4. The van der Waals surface area contributed by atoms with Gasteiger partial charge in [0.15, 0.2) is 5.82 Å². The molecule has 0 spiro atoms. The van der Waals surface area contributed by atoms with E-state index < -0.39 is 0 Å². The third kappa shape index (κ3) is 2.46. The molecule has 0 amide bonds. The number of hydrogen-bond acceptors (Lipinski definition) is 4. The molecule has 0 unspecified atom stereocenters. The van der Waals surface area contributed by atoms with Crippen LogP contribution < -0.4 is 10.6 Å². The normalized spacial score (nSPS) is 11.2. The molecule has 0 saturated heterocycles. The molecule has 3 aromatic heterocycles. The maximum Gasteiger partial charge on any atom is 0.152 e. The van der Waals surface area contributed by atoms with E-state index in [1.54, 1.807) is 11.3 Å². The SMILES string of the molecule is CN(Cc1cc(Br)cs1)c1nc2ccccn2c1CN. The third-order valence-electron chi connectivity index (χ3n) is 3.18. The molecular weight excluding hydrogens is 336 g/mol. The van der Waals surface area contributed by atoms with E-state index in [9.17, 15) is 0 Å². The van der Waals surface area contributed by atoms with Gasteiger partial charge in [0, 0.05) is 34.5 Å².